The Balaban J connectivity index is 1.67. The highest BCUT2D eigenvalue weighted by molar-refractivity contribution is 7.98. The van der Waals surface area contributed by atoms with E-state index in [4.69, 9.17) is 4.84 Å². The van der Waals surface area contributed by atoms with E-state index in [-0.39, 0.29) is 11.4 Å². The molecular weight excluding hydrogens is 469 g/mol. The van der Waals surface area contributed by atoms with Crippen LogP contribution in [0.5, 0.6) is 0 Å². The molecule has 0 saturated heterocycles. The van der Waals surface area contributed by atoms with E-state index in [1.165, 1.54) is 25.1 Å². The Morgan fingerprint density at radius 2 is 1.85 bits per heavy atom. The minimum Gasteiger partial charge on any atom is -0.595 e. The van der Waals surface area contributed by atoms with Crippen LogP contribution in [-0.4, -0.2) is 31.7 Å². The van der Waals surface area contributed by atoms with Gasteiger partial charge in [-0.15, -0.1) is 10.2 Å². The van der Waals surface area contributed by atoms with Crippen molar-refractivity contribution < 1.29 is 23.2 Å². The van der Waals surface area contributed by atoms with Gasteiger partial charge in [-0.05, 0) is 24.6 Å². The molecule has 0 aliphatic rings. The number of para-hydroxylation sites is 1. The highest BCUT2D eigenvalue weighted by atomic mass is 32.2. The molecule has 0 aliphatic heterocycles. The average molecular weight is 491 g/mol. The summed E-state index contributed by atoms with van der Waals surface area (Å²) in [6.07, 6.45) is -3.49. The molecule has 8 nitrogen and oxygen atoms in total. The quantitative estimate of drug-likeness (QED) is 0.297. The lowest BCUT2D eigenvalue weighted by atomic mass is 10.2. The monoisotopic (exact) mass is 490 g/mol. The number of rotatable bonds is 8. The summed E-state index contributed by atoms with van der Waals surface area (Å²) in [5, 5.41) is 24.0. The van der Waals surface area contributed by atoms with Gasteiger partial charge in [0.1, 0.15) is 0 Å². The second-order valence-electron chi connectivity index (χ2n) is 7.18. The van der Waals surface area contributed by atoms with Crippen molar-refractivity contribution in [2.75, 3.05) is 7.11 Å². The fourth-order valence-electron chi connectivity index (χ4n) is 3.48. The molecule has 0 fully saturated rings. The van der Waals surface area contributed by atoms with Crippen molar-refractivity contribution in [1.82, 2.24) is 24.5 Å². The molecule has 0 spiro atoms. The van der Waals surface area contributed by atoms with Crippen LogP contribution in [0.3, 0.4) is 0 Å². The zero-order valence-corrected chi connectivity index (χ0v) is 19.1. The molecule has 0 radical (unpaired) electrons. The van der Waals surface area contributed by atoms with Crippen molar-refractivity contribution in [1.29, 1.82) is 0 Å². The van der Waals surface area contributed by atoms with Crippen LogP contribution in [0.1, 0.15) is 18.2 Å². The first-order chi connectivity index (χ1) is 16.3. The fourth-order valence-corrected chi connectivity index (χ4v) is 4.43. The molecule has 12 heteroatoms. The molecular formula is C22H21F3N6O2S. The predicted molar refractivity (Wildman–Crippen MR) is 120 cm³/mol. The van der Waals surface area contributed by atoms with E-state index >= 15 is 0 Å². The maximum Gasteiger partial charge on any atom is 0.434 e. The molecule has 34 heavy (non-hydrogen) atoms. The van der Waals surface area contributed by atoms with Crippen LogP contribution in [0, 0.1) is 5.21 Å². The first kappa shape index (κ1) is 24.0. The van der Waals surface area contributed by atoms with Crippen molar-refractivity contribution in [3.05, 3.63) is 77.3 Å². The largest absolute Gasteiger partial charge is 0.595 e. The van der Waals surface area contributed by atoms with Crippen molar-refractivity contribution in [3.8, 4) is 17.1 Å². The molecule has 4 rings (SSSR count). The number of aromatic nitrogens is 5. The normalized spacial score (nSPS) is 12.8. The maximum absolute atomic E-state index is 14.1. The van der Waals surface area contributed by atoms with Crippen molar-refractivity contribution in [3.63, 3.8) is 0 Å². The van der Waals surface area contributed by atoms with Crippen LogP contribution < -0.4 is 5.23 Å². The van der Waals surface area contributed by atoms with Gasteiger partial charge in [0.25, 0.3) is 0 Å². The third-order valence-electron chi connectivity index (χ3n) is 5.03. The van der Waals surface area contributed by atoms with Crippen molar-refractivity contribution in [2.24, 2.45) is 0 Å². The highest BCUT2D eigenvalue weighted by Crippen LogP contribution is 2.38. The van der Waals surface area contributed by atoms with E-state index in [1.807, 2.05) is 13.0 Å². The SMILES string of the molecule is CCn1c(SCc2cccc([NH+]([O-])OC)c2)nnc1-c1cnn(-c2ccccc2)c1C(F)(F)F. The summed E-state index contributed by atoms with van der Waals surface area (Å²) in [5.74, 6) is 0.529. The second-order valence-corrected chi connectivity index (χ2v) is 8.13. The Morgan fingerprint density at radius 3 is 2.53 bits per heavy atom. The topological polar surface area (TPSA) is 85.3 Å². The van der Waals surface area contributed by atoms with Gasteiger partial charge in [0, 0.05) is 24.4 Å². The van der Waals surface area contributed by atoms with E-state index < -0.39 is 17.1 Å². The zero-order chi connectivity index (χ0) is 24.3. The lowest BCUT2D eigenvalue weighted by Gasteiger charge is -2.17. The standard InChI is InChI=1S/C22H21F3N6O2S/c1-3-29-20(18-13-26-30(19(18)22(23,24)25)16-9-5-4-6-10-16)27-28-21(29)34-14-15-8-7-11-17(12-15)31(32)33-2/h4-13,31H,3,14H2,1-2H3. The number of halogens is 3. The van der Waals surface area contributed by atoms with E-state index in [0.717, 1.165) is 10.2 Å². The lowest BCUT2D eigenvalue weighted by Crippen LogP contribution is -3.00. The van der Waals surface area contributed by atoms with Gasteiger partial charge in [-0.2, -0.15) is 23.5 Å². The highest BCUT2D eigenvalue weighted by Gasteiger charge is 2.40. The first-order valence-corrected chi connectivity index (χ1v) is 11.3. The molecule has 2 heterocycles. The van der Waals surface area contributed by atoms with E-state index in [2.05, 4.69) is 15.3 Å². The maximum atomic E-state index is 14.1. The molecule has 1 N–H and O–H groups in total. The lowest BCUT2D eigenvalue weighted by molar-refractivity contribution is -0.992. The van der Waals surface area contributed by atoms with E-state index in [0.29, 0.717) is 28.8 Å². The van der Waals surface area contributed by atoms with Crippen LogP contribution in [0.15, 0.2) is 66.0 Å². The molecule has 0 aliphatic carbocycles. The molecule has 1 unspecified atom stereocenters. The van der Waals surface area contributed by atoms with Crippen LogP contribution in [0.2, 0.25) is 0 Å². The van der Waals surface area contributed by atoms with Crippen LogP contribution >= 0.6 is 11.8 Å². The molecule has 0 saturated carbocycles. The number of thioether (sulfide) groups is 1. The zero-order valence-electron chi connectivity index (χ0n) is 18.3. The van der Waals surface area contributed by atoms with E-state index in [1.54, 1.807) is 53.1 Å². The number of hydrogen-bond donors (Lipinski definition) is 1. The summed E-state index contributed by atoms with van der Waals surface area (Å²) in [5.41, 5.74) is 0.492. The van der Waals surface area contributed by atoms with E-state index in [9.17, 15) is 18.4 Å². The Labute approximate surface area is 197 Å². The third-order valence-corrected chi connectivity index (χ3v) is 6.07. The number of alkyl halides is 3. The Hall–Kier alpha value is -3.19. The molecule has 2 aromatic heterocycles. The summed E-state index contributed by atoms with van der Waals surface area (Å²) in [6, 6.07) is 15.1. The van der Waals surface area contributed by atoms with Crippen molar-refractivity contribution >= 4 is 17.4 Å². The number of hydrogen-bond acceptors (Lipinski definition) is 6. The van der Waals surface area contributed by atoms with Crippen LogP contribution in [0.25, 0.3) is 17.1 Å². The minimum absolute atomic E-state index is 0.0859. The molecule has 178 valence electrons. The van der Waals surface area contributed by atoms with Gasteiger partial charge >= 0.3 is 6.18 Å². The number of quaternary nitrogens is 1. The average Bonchev–Trinajstić information content (AvgIpc) is 3.47. The molecule has 0 bridgehead atoms. The Morgan fingerprint density at radius 1 is 1.09 bits per heavy atom. The van der Waals surface area contributed by atoms with Gasteiger partial charge in [0.15, 0.2) is 22.4 Å². The smallest absolute Gasteiger partial charge is 0.434 e. The minimum atomic E-state index is -4.66. The molecule has 1 atom stereocenters. The van der Waals surface area contributed by atoms with Gasteiger partial charge < -0.3 is 9.77 Å². The summed E-state index contributed by atoms with van der Waals surface area (Å²) in [6.45, 7) is 2.17. The molecule has 2 aromatic carbocycles. The van der Waals surface area contributed by atoms with Crippen LogP contribution in [0.4, 0.5) is 18.9 Å². The van der Waals surface area contributed by atoms with Gasteiger partial charge in [0.05, 0.1) is 24.6 Å². The predicted octanol–water partition coefficient (Wildman–Crippen LogP) is 4.04. The fraction of sp³-hybridized carbons (Fsp3) is 0.227. The van der Waals surface area contributed by atoms with Gasteiger partial charge in [-0.3, -0.25) is 0 Å². The van der Waals surface area contributed by atoms with Gasteiger partial charge in [0.2, 0.25) is 0 Å². The summed E-state index contributed by atoms with van der Waals surface area (Å²) < 4.78 is 44.8. The summed E-state index contributed by atoms with van der Waals surface area (Å²) in [7, 11) is 1.31. The number of benzene rings is 2. The first-order valence-electron chi connectivity index (χ1n) is 10.3. The third kappa shape index (κ3) is 4.85. The summed E-state index contributed by atoms with van der Waals surface area (Å²) in [4.78, 5) is 4.74. The van der Waals surface area contributed by atoms with Crippen molar-refractivity contribution in [2.45, 2.75) is 30.6 Å². The molecule has 4 aromatic rings. The van der Waals surface area contributed by atoms with Gasteiger partial charge in [-0.25, -0.2) is 9.52 Å². The Bertz CT molecular complexity index is 1260. The summed E-state index contributed by atoms with van der Waals surface area (Å²) >= 11 is 1.31. The molecule has 0 amide bonds. The number of nitrogens with one attached hydrogen (secondary N) is 1. The Kier molecular flexibility index (Phi) is 7.03. The van der Waals surface area contributed by atoms with Gasteiger partial charge in [-0.1, -0.05) is 42.1 Å². The second kappa shape index (κ2) is 9.97. The number of nitrogens with zero attached hydrogens (tertiary/aromatic N) is 5. The van der Waals surface area contributed by atoms with Crippen LogP contribution in [-0.2, 0) is 23.3 Å².